The van der Waals surface area contributed by atoms with E-state index in [4.69, 9.17) is 15.6 Å². The van der Waals surface area contributed by atoms with Gasteiger partial charge in [0.05, 0.1) is 23.9 Å². The van der Waals surface area contributed by atoms with E-state index >= 15 is 4.39 Å². The molecule has 0 fully saturated rings. The summed E-state index contributed by atoms with van der Waals surface area (Å²) in [7, 11) is -3.63. The van der Waals surface area contributed by atoms with Gasteiger partial charge in [0, 0.05) is 35.5 Å². The van der Waals surface area contributed by atoms with Crippen LogP contribution in [0.1, 0.15) is 16.8 Å². The third-order valence-electron chi connectivity index (χ3n) is 5.34. The summed E-state index contributed by atoms with van der Waals surface area (Å²) < 4.78 is 46.8. The van der Waals surface area contributed by atoms with Gasteiger partial charge in [-0.05, 0) is 41.5 Å². The zero-order valence-electron chi connectivity index (χ0n) is 18.2. The molecule has 2 aromatic heterocycles. The van der Waals surface area contributed by atoms with Crippen molar-refractivity contribution in [1.29, 1.82) is 0 Å². The molecule has 0 unspecified atom stereocenters. The van der Waals surface area contributed by atoms with Gasteiger partial charge in [-0.2, -0.15) is 0 Å². The molecule has 2 aromatic carbocycles. The van der Waals surface area contributed by atoms with Crippen molar-refractivity contribution in [3.8, 4) is 16.9 Å². The molecule has 0 aliphatic rings. The Bertz CT molecular complexity index is 1500. The zero-order valence-corrected chi connectivity index (χ0v) is 19.0. The molecule has 34 heavy (non-hydrogen) atoms. The van der Waals surface area contributed by atoms with Crippen LogP contribution in [0.3, 0.4) is 0 Å². The predicted molar refractivity (Wildman–Crippen MR) is 125 cm³/mol. The fourth-order valence-electron chi connectivity index (χ4n) is 3.82. The third kappa shape index (κ3) is 4.63. The van der Waals surface area contributed by atoms with Crippen molar-refractivity contribution in [3.05, 3.63) is 83.6 Å². The van der Waals surface area contributed by atoms with Crippen LogP contribution in [0.5, 0.6) is 5.75 Å². The van der Waals surface area contributed by atoms with Gasteiger partial charge in [0.2, 0.25) is 10.0 Å². The first-order valence-corrected chi connectivity index (χ1v) is 12.1. The summed E-state index contributed by atoms with van der Waals surface area (Å²) >= 11 is 0. The second-order valence-corrected chi connectivity index (χ2v) is 9.60. The number of halogens is 1. The molecule has 4 rings (SSSR count). The summed E-state index contributed by atoms with van der Waals surface area (Å²) in [6.45, 7) is -0.0821. The van der Waals surface area contributed by atoms with Gasteiger partial charge >= 0.3 is 5.97 Å². The highest BCUT2D eigenvalue weighted by Gasteiger charge is 2.19. The molecule has 176 valence electrons. The third-order valence-corrected chi connectivity index (χ3v) is 6.38. The van der Waals surface area contributed by atoms with E-state index in [9.17, 15) is 13.2 Å². The molecule has 0 radical (unpaired) electrons. The Hall–Kier alpha value is -3.76. The first kappa shape index (κ1) is 23.4. The van der Waals surface area contributed by atoms with Gasteiger partial charge in [0.1, 0.15) is 12.4 Å². The van der Waals surface area contributed by atoms with E-state index in [-0.39, 0.29) is 30.8 Å². The minimum atomic E-state index is -3.63. The monoisotopic (exact) mass is 483 g/mol. The quantitative estimate of drug-likeness (QED) is 0.394. The van der Waals surface area contributed by atoms with Crippen molar-refractivity contribution in [3.63, 3.8) is 0 Å². The Labute approximate surface area is 195 Å². The molecular formula is C24H22FN3O5S. The number of fused-ring (bicyclic) bond motifs is 1. The highest BCUT2D eigenvalue weighted by molar-refractivity contribution is 7.89. The number of hydrogen-bond donors (Lipinski definition) is 2. The summed E-state index contributed by atoms with van der Waals surface area (Å²) in [5, 5.41) is 9.68. The molecule has 0 saturated carbocycles. The number of pyridine rings is 1. The number of ether oxygens (including phenoxy) is 1. The van der Waals surface area contributed by atoms with Crippen LogP contribution >= 0.6 is 0 Å². The van der Waals surface area contributed by atoms with Gasteiger partial charge in [0.15, 0.2) is 5.82 Å². The lowest BCUT2D eigenvalue weighted by Crippen LogP contribution is -2.09. The molecule has 10 heteroatoms. The second-order valence-electron chi connectivity index (χ2n) is 7.74. The molecule has 0 bridgehead atoms. The van der Waals surface area contributed by atoms with Crippen molar-refractivity contribution in [2.75, 3.05) is 6.26 Å². The molecule has 8 nitrogen and oxygen atoms in total. The van der Waals surface area contributed by atoms with Crippen LogP contribution in [0, 0.1) is 5.82 Å². The Morgan fingerprint density at radius 2 is 1.94 bits per heavy atom. The highest BCUT2D eigenvalue weighted by Crippen LogP contribution is 2.34. The number of para-hydroxylation sites is 1. The topological polar surface area (TPSA) is 125 Å². The van der Waals surface area contributed by atoms with Crippen molar-refractivity contribution >= 4 is 26.9 Å². The maximum absolute atomic E-state index is 15.1. The molecule has 4 aromatic rings. The molecule has 0 atom stereocenters. The van der Waals surface area contributed by atoms with Crippen LogP contribution < -0.4 is 10.5 Å². The Morgan fingerprint density at radius 1 is 1.18 bits per heavy atom. The number of carboxylic acids is 1. The van der Waals surface area contributed by atoms with E-state index in [0.717, 1.165) is 10.2 Å². The number of aromatic nitrogens is 2. The molecule has 0 aliphatic heterocycles. The maximum Gasteiger partial charge on any atom is 0.307 e. The fraction of sp³-hybridized carbons (Fsp3) is 0.167. The van der Waals surface area contributed by atoms with E-state index in [1.165, 1.54) is 18.5 Å². The number of carboxylic acid groups (broad SMARTS) is 1. The van der Waals surface area contributed by atoms with Gasteiger partial charge in [-0.1, -0.05) is 18.2 Å². The van der Waals surface area contributed by atoms with Crippen molar-refractivity contribution in [2.24, 2.45) is 5.73 Å². The maximum atomic E-state index is 15.1. The van der Waals surface area contributed by atoms with Gasteiger partial charge in [-0.15, -0.1) is 0 Å². The van der Waals surface area contributed by atoms with Crippen LogP contribution in [0.25, 0.3) is 22.0 Å². The minimum absolute atomic E-state index is 0.00492. The average Bonchev–Trinajstić information content (AvgIpc) is 3.22. The highest BCUT2D eigenvalue weighted by atomic mass is 32.2. The van der Waals surface area contributed by atoms with Crippen LogP contribution in [-0.2, 0) is 34.4 Å². The van der Waals surface area contributed by atoms with Gasteiger partial charge < -0.3 is 15.6 Å². The lowest BCUT2D eigenvalue weighted by atomic mass is 9.98. The number of rotatable bonds is 8. The smallest absolute Gasteiger partial charge is 0.307 e. The molecule has 0 aliphatic carbocycles. The minimum Gasteiger partial charge on any atom is -0.489 e. The van der Waals surface area contributed by atoms with E-state index in [1.54, 1.807) is 42.5 Å². The van der Waals surface area contributed by atoms with Crippen molar-refractivity contribution < 1.29 is 27.4 Å². The van der Waals surface area contributed by atoms with E-state index in [0.29, 0.717) is 33.3 Å². The molecule has 3 N–H and O–H groups in total. The molecular weight excluding hydrogens is 461 g/mol. The van der Waals surface area contributed by atoms with Crippen LogP contribution in [0.15, 0.2) is 60.9 Å². The Balaban J connectivity index is 1.83. The molecule has 0 amide bonds. The molecule has 0 spiro atoms. The van der Waals surface area contributed by atoms with Crippen molar-refractivity contribution in [1.82, 2.24) is 8.96 Å². The summed E-state index contributed by atoms with van der Waals surface area (Å²) in [5.74, 6) is -1.18. The van der Waals surface area contributed by atoms with Crippen molar-refractivity contribution in [2.45, 2.75) is 19.6 Å². The Kier molecular flexibility index (Phi) is 6.36. The first-order chi connectivity index (χ1) is 16.2. The second kappa shape index (κ2) is 9.24. The number of carbonyl (C=O) groups is 1. The normalized spacial score (nSPS) is 11.6. The summed E-state index contributed by atoms with van der Waals surface area (Å²) in [5.41, 5.74) is 7.85. The molecule has 2 heterocycles. The summed E-state index contributed by atoms with van der Waals surface area (Å²) in [4.78, 5) is 15.1. The van der Waals surface area contributed by atoms with Crippen LogP contribution in [-0.4, -0.2) is 34.7 Å². The fourth-order valence-corrected chi connectivity index (χ4v) is 4.61. The van der Waals surface area contributed by atoms with Crippen LogP contribution in [0.4, 0.5) is 4.39 Å². The van der Waals surface area contributed by atoms with E-state index < -0.39 is 21.8 Å². The number of benzene rings is 2. The van der Waals surface area contributed by atoms with Gasteiger partial charge in [0.25, 0.3) is 0 Å². The zero-order chi connectivity index (χ0) is 24.5. The summed E-state index contributed by atoms with van der Waals surface area (Å²) in [6, 6.07) is 13.3. The predicted octanol–water partition coefficient (Wildman–Crippen LogP) is 3.31. The lowest BCUT2D eigenvalue weighted by Gasteiger charge is -2.14. The van der Waals surface area contributed by atoms with Crippen LogP contribution in [0.2, 0.25) is 0 Å². The number of nitrogens with zero attached hydrogens (tertiary/aromatic N) is 2. The molecule has 0 saturated heterocycles. The van der Waals surface area contributed by atoms with E-state index in [2.05, 4.69) is 4.98 Å². The number of hydrogen-bond acceptors (Lipinski definition) is 6. The van der Waals surface area contributed by atoms with Gasteiger partial charge in [-0.25, -0.2) is 16.8 Å². The Morgan fingerprint density at radius 3 is 2.65 bits per heavy atom. The lowest BCUT2D eigenvalue weighted by molar-refractivity contribution is -0.136. The standard InChI is InChI=1S/C24H22FN3O5S/c1-34(31,32)28-9-7-17-19(18-6-8-27-20(13-26)24(18)25)10-15(11-21(17)28)14-33-22-5-3-2-4-16(22)12-23(29)30/h2-11H,12-14,26H2,1H3,(H,29,30). The van der Waals surface area contributed by atoms with E-state index in [1.807, 2.05) is 0 Å². The average molecular weight is 484 g/mol. The number of nitrogens with two attached hydrogens (primary N) is 1. The summed E-state index contributed by atoms with van der Waals surface area (Å²) in [6.07, 6.45) is 3.74. The number of aliphatic carboxylic acids is 1. The first-order valence-electron chi connectivity index (χ1n) is 10.3. The SMILES string of the molecule is CS(=O)(=O)n1ccc2c(-c3ccnc(CN)c3F)cc(COc3ccccc3CC(=O)O)cc21. The van der Waals surface area contributed by atoms with Gasteiger partial charge in [-0.3, -0.25) is 9.78 Å². The largest absolute Gasteiger partial charge is 0.489 e.